The maximum absolute atomic E-state index is 12.7. The Morgan fingerprint density at radius 2 is 1.95 bits per heavy atom. The van der Waals surface area contributed by atoms with Crippen molar-refractivity contribution in [3.63, 3.8) is 0 Å². The summed E-state index contributed by atoms with van der Waals surface area (Å²) < 4.78 is 37.2. The molecule has 42 heavy (non-hydrogen) atoms. The van der Waals surface area contributed by atoms with Crippen LogP contribution in [0.25, 0.3) is 0 Å². The van der Waals surface area contributed by atoms with Gasteiger partial charge in [-0.1, -0.05) is 11.6 Å². The molecular weight excluding hydrogens is 578 g/mol. The molecule has 0 atom stereocenters. The van der Waals surface area contributed by atoms with E-state index >= 15 is 0 Å². The standard InChI is InChI=1S/C29H40ClN7O4S/c1-17(2)42(38,39)27(31)25(14-32-4)34-28-23(30)13-33-29(36-28)35-24-11-18(3)22(12-26(24)41-21-5-6-21)19-7-9-37(10-8-19)20-15-40-16-20/h11-14,17,19-21H,5-10,15-16,31H2,1-4H3,(H2,33,34,35,36). The largest absolute Gasteiger partial charge is 0.488 e. The van der Waals surface area contributed by atoms with Gasteiger partial charge in [0.2, 0.25) is 5.95 Å². The molecule has 1 aliphatic carbocycles. The number of aryl methyl sites for hydroxylation is 1. The third-order valence-corrected chi connectivity index (χ3v) is 10.3. The molecule has 13 heteroatoms. The number of hydrogen-bond donors (Lipinski definition) is 3. The second-order valence-corrected chi connectivity index (χ2v) is 14.3. The molecule has 1 aromatic carbocycles. The van der Waals surface area contributed by atoms with Crippen LogP contribution in [0.15, 0.2) is 34.0 Å². The van der Waals surface area contributed by atoms with Crippen LogP contribution in [0.1, 0.15) is 56.6 Å². The molecule has 2 saturated heterocycles. The first-order valence-electron chi connectivity index (χ1n) is 14.4. The number of hydrogen-bond acceptors (Lipinski definition) is 11. The Morgan fingerprint density at radius 1 is 1.24 bits per heavy atom. The van der Waals surface area contributed by atoms with E-state index < -0.39 is 15.1 Å². The summed E-state index contributed by atoms with van der Waals surface area (Å²) in [5.41, 5.74) is 9.37. The molecule has 2 aliphatic heterocycles. The second-order valence-electron chi connectivity index (χ2n) is 11.4. The van der Waals surface area contributed by atoms with Gasteiger partial charge in [0.15, 0.2) is 20.7 Å². The maximum Gasteiger partial charge on any atom is 0.229 e. The lowest BCUT2D eigenvalue weighted by Crippen LogP contribution is -2.51. The molecule has 1 saturated carbocycles. The SMILES string of the molecule is CN=CC(Nc1nc(Nc2cc(C)c(C3CCN(C4COC4)CC3)cc2OC2CC2)ncc1Cl)=C(N)S(=O)(=O)C(C)C. The first-order valence-corrected chi connectivity index (χ1v) is 16.3. The average molecular weight is 618 g/mol. The highest BCUT2D eigenvalue weighted by Gasteiger charge is 2.32. The summed E-state index contributed by atoms with van der Waals surface area (Å²) in [6, 6.07) is 4.84. The van der Waals surface area contributed by atoms with Gasteiger partial charge in [0.05, 0.1) is 48.2 Å². The van der Waals surface area contributed by atoms with Gasteiger partial charge < -0.3 is 25.8 Å². The fourth-order valence-electron chi connectivity index (χ4n) is 5.17. The van der Waals surface area contributed by atoms with Crippen molar-refractivity contribution in [2.45, 2.75) is 69.8 Å². The summed E-state index contributed by atoms with van der Waals surface area (Å²) in [6.45, 7) is 9.10. The summed E-state index contributed by atoms with van der Waals surface area (Å²) in [7, 11) is -2.23. The number of aliphatic imine (C=N–C) groups is 1. The van der Waals surface area contributed by atoms with Gasteiger partial charge in [-0.2, -0.15) is 4.98 Å². The lowest BCUT2D eigenvalue weighted by Gasteiger charge is -2.41. The minimum absolute atomic E-state index is 0.0755. The van der Waals surface area contributed by atoms with Gasteiger partial charge in [0.1, 0.15) is 10.8 Å². The van der Waals surface area contributed by atoms with Crippen LogP contribution in [0.5, 0.6) is 5.75 Å². The predicted molar refractivity (Wildman–Crippen MR) is 167 cm³/mol. The van der Waals surface area contributed by atoms with Crippen molar-refractivity contribution in [1.82, 2.24) is 14.9 Å². The first kappa shape index (κ1) is 30.5. The Morgan fingerprint density at radius 3 is 2.55 bits per heavy atom. The number of likely N-dealkylation sites (tertiary alicyclic amines) is 1. The fraction of sp³-hybridized carbons (Fsp3) is 0.552. The van der Waals surface area contributed by atoms with Crippen LogP contribution < -0.4 is 21.1 Å². The van der Waals surface area contributed by atoms with Crippen LogP contribution in [0.2, 0.25) is 5.02 Å². The van der Waals surface area contributed by atoms with Crippen LogP contribution in [-0.4, -0.2) is 80.2 Å². The molecule has 0 unspecified atom stereocenters. The van der Waals surface area contributed by atoms with E-state index in [9.17, 15) is 8.42 Å². The number of nitrogens with one attached hydrogen (secondary N) is 2. The first-order chi connectivity index (χ1) is 20.1. The zero-order valence-electron chi connectivity index (χ0n) is 24.6. The molecule has 2 aromatic rings. The summed E-state index contributed by atoms with van der Waals surface area (Å²) in [5, 5.41) is 5.37. The van der Waals surface area contributed by atoms with Gasteiger partial charge in [-0.25, -0.2) is 13.4 Å². The van der Waals surface area contributed by atoms with Crippen LogP contribution in [0.4, 0.5) is 17.5 Å². The average Bonchev–Trinajstić information content (AvgIpc) is 3.75. The van der Waals surface area contributed by atoms with Gasteiger partial charge in [-0.05, 0) is 88.7 Å². The highest BCUT2D eigenvalue weighted by Crippen LogP contribution is 2.40. The Balaban J connectivity index is 1.39. The van der Waals surface area contributed by atoms with Crippen LogP contribution >= 0.6 is 11.6 Å². The Labute approximate surface area is 252 Å². The van der Waals surface area contributed by atoms with E-state index in [0.717, 1.165) is 63.4 Å². The summed E-state index contributed by atoms with van der Waals surface area (Å²) >= 11 is 6.40. The van der Waals surface area contributed by atoms with Gasteiger partial charge in [0, 0.05) is 13.3 Å². The van der Waals surface area contributed by atoms with Gasteiger partial charge in [-0.15, -0.1) is 0 Å². The number of sulfone groups is 1. The van der Waals surface area contributed by atoms with Gasteiger partial charge in [0.25, 0.3) is 0 Å². The highest BCUT2D eigenvalue weighted by molar-refractivity contribution is 7.95. The quantitative estimate of drug-likeness (QED) is 0.311. The van der Waals surface area contributed by atoms with Crippen molar-refractivity contribution >= 4 is 45.1 Å². The number of piperidine rings is 1. The van der Waals surface area contributed by atoms with E-state index in [0.29, 0.717) is 12.0 Å². The van der Waals surface area contributed by atoms with Crippen molar-refractivity contribution in [3.05, 3.63) is 45.2 Å². The van der Waals surface area contributed by atoms with Crippen molar-refractivity contribution < 1.29 is 17.9 Å². The monoisotopic (exact) mass is 617 g/mol. The number of nitrogens with two attached hydrogens (primary N) is 1. The third-order valence-electron chi connectivity index (χ3n) is 7.99. The highest BCUT2D eigenvalue weighted by atomic mass is 35.5. The van der Waals surface area contributed by atoms with E-state index in [1.165, 1.54) is 30.6 Å². The lowest BCUT2D eigenvalue weighted by molar-refractivity contribution is -0.0712. The molecule has 4 N–H and O–H groups in total. The Bertz CT molecular complexity index is 1460. The number of ether oxygens (including phenoxy) is 2. The van der Waals surface area contributed by atoms with Gasteiger partial charge in [-0.3, -0.25) is 9.89 Å². The molecule has 3 fully saturated rings. The van der Waals surface area contributed by atoms with E-state index in [1.54, 1.807) is 13.8 Å². The van der Waals surface area contributed by atoms with E-state index in [1.807, 2.05) is 0 Å². The molecule has 0 amide bonds. The molecule has 228 valence electrons. The number of rotatable bonds is 11. The number of allylic oxidation sites excluding steroid dienone is 1. The molecule has 0 spiro atoms. The molecule has 0 bridgehead atoms. The van der Waals surface area contributed by atoms with Crippen molar-refractivity contribution in [2.24, 2.45) is 10.7 Å². The normalized spacial score (nSPS) is 19.6. The fourth-order valence-corrected chi connectivity index (χ4v) is 6.23. The molecule has 3 aliphatic rings. The van der Waals surface area contributed by atoms with E-state index in [4.69, 9.17) is 26.8 Å². The van der Waals surface area contributed by atoms with E-state index in [2.05, 4.69) is 49.6 Å². The van der Waals surface area contributed by atoms with Crippen molar-refractivity contribution in [1.29, 1.82) is 0 Å². The van der Waals surface area contributed by atoms with Gasteiger partial charge >= 0.3 is 0 Å². The minimum Gasteiger partial charge on any atom is -0.488 e. The molecular formula is C29H40ClN7O4S. The van der Waals surface area contributed by atoms with Crippen molar-refractivity contribution in [2.75, 3.05) is 44.0 Å². The maximum atomic E-state index is 12.7. The smallest absolute Gasteiger partial charge is 0.229 e. The Kier molecular flexibility index (Phi) is 9.26. The second kappa shape index (κ2) is 12.7. The summed E-state index contributed by atoms with van der Waals surface area (Å²) in [5.74, 6) is 1.70. The number of nitrogens with zero attached hydrogens (tertiary/aromatic N) is 4. The van der Waals surface area contributed by atoms with Crippen LogP contribution in [0, 0.1) is 6.92 Å². The molecule has 11 nitrogen and oxygen atoms in total. The molecule has 5 rings (SSSR count). The molecule has 1 aromatic heterocycles. The lowest BCUT2D eigenvalue weighted by atomic mass is 9.86. The number of benzene rings is 1. The molecule has 0 radical (unpaired) electrons. The number of aromatic nitrogens is 2. The van der Waals surface area contributed by atoms with E-state index in [-0.39, 0.29) is 33.6 Å². The van der Waals surface area contributed by atoms with Crippen molar-refractivity contribution in [3.8, 4) is 5.75 Å². The van der Waals surface area contributed by atoms with Crippen LogP contribution in [-0.2, 0) is 14.6 Å². The minimum atomic E-state index is -3.75. The molecule has 3 heterocycles. The Hall–Kier alpha value is -2.93. The zero-order valence-corrected chi connectivity index (χ0v) is 26.1. The van der Waals surface area contributed by atoms with Crippen LogP contribution in [0.3, 0.4) is 0 Å². The number of halogens is 1. The predicted octanol–water partition coefficient (Wildman–Crippen LogP) is 4.36. The third kappa shape index (κ3) is 6.82. The topological polar surface area (TPSA) is 144 Å². The number of anilines is 3. The zero-order chi connectivity index (χ0) is 30.0. The summed E-state index contributed by atoms with van der Waals surface area (Å²) in [4.78, 5) is 15.4. The summed E-state index contributed by atoms with van der Waals surface area (Å²) in [6.07, 6.45) is 7.25.